The topological polar surface area (TPSA) is 37.3 Å². The van der Waals surface area contributed by atoms with Gasteiger partial charge >= 0.3 is 6.03 Å². The molecule has 156 valence electrons. The molecule has 2 heterocycles. The van der Waals surface area contributed by atoms with E-state index in [1.807, 2.05) is 11.0 Å². The molecule has 1 aliphatic rings. The molecule has 3 aromatic rings. The molecule has 0 saturated heterocycles. The number of carbonyl (C=O) groups is 1. The van der Waals surface area contributed by atoms with Crippen LogP contribution in [0.2, 0.25) is 0 Å². The molecule has 4 nitrogen and oxygen atoms in total. The Kier molecular flexibility index (Phi) is 6.18. The molecule has 30 heavy (non-hydrogen) atoms. The molecule has 1 N–H and O–H groups in total. The van der Waals surface area contributed by atoms with Gasteiger partial charge in [0.15, 0.2) is 0 Å². The Morgan fingerprint density at radius 2 is 1.87 bits per heavy atom. The van der Waals surface area contributed by atoms with E-state index in [9.17, 15) is 4.79 Å². The third kappa shape index (κ3) is 4.12. The zero-order valence-corrected chi connectivity index (χ0v) is 18.7. The minimum atomic E-state index is -0.151. The number of nitrogens with one attached hydrogen (secondary N) is 1. The van der Waals surface area contributed by atoms with Gasteiger partial charge in [-0.3, -0.25) is 0 Å². The van der Waals surface area contributed by atoms with E-state index >= 15 is 0 Å². The van der Waals surface area contributed by atoms with Crippen LogP contribution in [0.1, 0.15) is 43.1 Å². The van der Waals surface area contributed by atoms with Crippen LogP contribution in [0.3, 0.4) is 0 Å². The summed E-state index contributed by atoms with van der Waals surface area (Å²) in [5, 5.41) is 3.16. The highest BCUT2D eigenvalue weighted by atomic mass is 32.2. The highest BCUT2D eigenvalue weighted by Gasteiger charge is 2.32. The van der Waals surface area contributed by atoms with Crippen molar-refractivity contribution in [2.45, 2.75) is 37.8 Å². The first-order chi connectivity index (χ1) is 14.6. The van der Waals surface area contributed by atoms with Crippen molar-refractivity contribution in [3.05, 3.63) is 83.7 Å². The van der Waals surface area contributed by atoms with E-state index in [2.05, 4.69) is 90.8 Å². The number of hydrogen-bond donors (Lipinski definition) is 1. The fourth-order valence-corrected chi connectivity index (χ4v) is 4.45. The van der Waals surface area contributed by atoms with Gasteiger partial charge in [-0.15, -0.1) is 11.8 Å². The van der Waals surface area contributed by atoms with Gasteiger partial charge in [-0.1, -0.05) is 44.2 Å². The van der Waals surface area contributed by atoms with Crippen LogP contribution in [0.4, 0.5) is 4.79 Å². The van der Waals surface area contributed by atoms with Crippen molar-refractivity contribution in [2.75, 3.05) is 12.8 Å². The Balaban J connectivity index is 1.77. The van der Waals surface area contributed by atoms with Crippen molar-refractivity contribution >= 4 is 17.8 Å². The van der Waals surface area contributed by atoms with E-state index in [1.165, 1.54) is 4.90 Å². The van der Waals surface area contributed by atoms with Crippen molar-refractivity contribution in [1.29, 1.82) is 0 Å². The third-order valence-electron chi connectivity index (χ3n) is 5.65. The molecule has 0 spiro atoms. The van der Waals surface area contributed by atoms with Crippen molar-refractivity contribution < 1.29 is 4.79 Å². The van der Waals surface area contributed by atoms with E-state index in [-0.39, 0.29) is 12.1 Å². The smallest absolute Gasteiger partial charge is 0.318 e. The number of aromatic nitrogens is 1. The minimum absolute atomic E-state index is 0.0148. The average Bonchev–Trinajstić information content (AvgIpc) is 3.18. The maximum absolute atomic E-state index is 13.4. The van der Waals surface area contributed by atoms with Crippen molar-refractivity contribution in [2.24, 2.45) is 5.92 Å². The Labute approximate surface area is 183 Å². The first-order valence-electron chi connectivity index (χ1n) is 10.5. The highest BCUT2D eigenvalue weighted by Crippen LogP contribution is 2.37. The second-order valence-corrected chi connectivity index (χ2v) is 9.03. The first-order valence-corrected chi connectivity index (χ1v) is 11.7. The number of benzene rings is 2. The number of urea groups is 1. The van der Waals surface area contributed by atoms with Gasteiger partial charge in [0.05, 0.1) is 18.3 Å². The largest absolute Gasteiger partial charge is 0.338 e. The predicted molar refractivity (Wildman–Crippen MR) is 124 cm³/mol. The van der Waals surface area contributed by atoms with Crippen LogP contribution in [0.25, 0.3) is 5.69 Å². The van der Waals surface area contributed by atoms with Gasteiger partial charge < -0.3 is 14.8 Å². The predicted octanol–water partition coefficient (Wildman–Crippen LogP) is 5.86. The summed E-state index contributed by atoms with van der Waals surface area (Å²) in [7, 11) is 0. The first kappa shape index (κ1) is 20.6. The normalized spacial score (nSPS) is 15.5. The molecule has 1 atom stereocenters. The second-order valence-electron chi connectivity index (χ2n) is 8.15. The lowest BCUT2D eigenvalue weighted by molar-refractivity contribution is 0.180. The SMILES string of the molecule is CSc1ccc([C@H]2c3cccn3-c3ccccc3CN2C(=O)NCCC(C)C)cc1. The molecule has 0 aliphatic carbocycles. The summed E-state index contributed by atoms with van der Waals surface area (Å²) < 4.78 is 2.23. The molecule has 0 fully saturated rings. The second kappa shape index (κ2) is 9.00. The van der Waals surface area contributed by atoms with E-state index in [0.717, 1.165) is 28.9 Å². The quantitative estimate of drug-likeness (QED) is 0.526. The molecule has 4 rings (SSSR count). The Morgan fingerprint density at radius 1 is 1.10 bits per heavy atom. The highest BCUT2D eigenvalue weighted by molar-refractivity contribution is 7.98. The lowest BCUT2D eigenvalue weighted by Gasteiger charge is -2.31. The van der Waals surface area contributed by atoms with Gasteiger partial charge in [0.1, 0.15) is 0 Å². The van der Waals surface area contributed by atoms with Crippen LogP contribution in [-0.2, 0) is 6.54 Å². The van der Waals surface area contributed by atoms with Crippen molar-refractivity contribution in [3.8, 4) is 5.69 Å². The van der Waals surface area contributed by atoms with Crippen LogP contribution in [0.15, 0.2) is 71.8 Å². The Hall–Kier alpha value is -2.66. The molecule has 0 bridgehead atoms. The lowest BCUT2D eigenvalue weighted by atomic mass is 10.0. The summed E-state index contributed by atoms with van der Waals surface area (Å²) in [6, 6.07) is 21.0. The molecule has 2 aromatic carbocycles. The number of carbonyl (C=O) groups excluding carboxylic acids is 1. The Morgan fingerprint density at radius 3 is 2.60 bits per heavy atom. The summed E-state index contributed by atoms with van der Waals surface area (Å²) in [6.07, 6.45) is 5.15. The standard InChI is InChI=1S/C25H29N3OS/c1-18(2)14-15-26-25(29)28-17-20-7-4-5-8-22(20)27-16-6-9-23(27)24(28)19-10-12-21(30-3)13-11-19/h4-13,16,18,24H,14-15,17H2,1-3H3,(H,26,29)/t24-/m0/s1. The minimum Gasteiger partial charge on any atom is -0.338 e. The lowest BCUT2D eigenvalue weighted by Crippen LogP contribution is -2.42. The van der Waals surface area contributed by atoms with E-state index in [1.54, 1.807) is 11.8 Å². The van der Waals surface area contributed by atoms with Gasteiger partial charge in [0, 0.05) is 23.3 Å². The molecular formula is C25H29N3OS. The molecule has 1 aliphatic heterocycles. The van der Waals surface area contributed by atoms with E-state index in [0.29, 0.717) is 19.0 Å². The molecule has 2 amide bonds. The van der Waals surface area contributed by atoms with Gasteiger partial charge in [0.25, 0.3) is 0 Å². The van der Waals surface area contributed by atoms with Crippen LogP contribution in [0.5, 0.6) is 0 Å². The zero-order valence-electron chi connectivity index (χ0n) is 17.8. The number of para-hydroxylation sites is 1. The number of hydrogen-bond acceptors (Lipinski definition) is 2. The summed E-state index contributed by atoms with van der Waals surface area (Å²) in [6.45, 7) is 5.61. The van der Waals surface area contributed by atoms with Crippen molar-refractivity contribution in [1.82, 2.24) is 14.8 Å². The van der Waals surface area contributed by atoms with E-state index in [4.69, 9.17) is 0 Å². The number of amides is 2. The summed E-state index contributed by atoms with van der Waals surface area (Å²) in [5.74, 6) is 0.558. The maximum Gasteiger partial charge on any atom is 0.318 e. The third-order valence-corrected chi connectivity index (χ3v) is 6.40. The monoisotopic (exact) mass is 419 g/mol. The Bertz CT molecular complexity index is 1010. The molecule has 0 radical (unpaired) electrons. The molecular weight excluding hydrogens is 390 g/mol. The molecule has 0 saturated carbocycles. The van der Waals surface area contributed by atoms with Crippen molar-refractivity contribution in [3.63, 3.8) is 0 Å². The molecule has 5 heteroatoms. The van der Waals surface area contributed by atoms with Gasteiger partial charge in [0.2, 0.25) is 0 Å². The van der Waals surface area contributed by atoms with Gasteiger partial charge in [-0.25, -0.2) is 4.79 Å². The van der Waals surface area contributed by atoms with Crippen LogP contribution in [0, 0.1) is 5.92 Å². The van der Waals surface area contributed by atoms with Crippen LogP contribution in [-0.4, -0.2) is 28.3 Å². The fraction of sp³-hybridized carbons (Fsp3) is 0.320. The van der Waals surface area contributed by atoms with Gasteiger partial charge in [-0.05, 0) is 60.1 Å². The fourth-order valence-electron chi connectivity index (χ4n) is 4.05. The number of nitrogens with zero attached hydrogens (tertiary/aromatic N) is 2. The average molecular weight is 420 g/mol. The van der Waals surface area contributed by atoms with Gasteiger partial charge in [-0.2, -0.15) is 0 Å². The summed E-state index contributed by atoms with van der Waals surface area (Å²) in [5.41, 5.74) is 4.52. The molecule has 1 aromatic heterocycles. The molecule has 0 unspecified atom stereocenters. The maximum atomic E-state index is 13.4. The number of thioether (sulfide) groups is 1. The van der Waals surface area contributed by atoms with Crippen LogP contribution >= 0.6 is 11.8 Å². The van der Waals surface area contributed by atoms with Crippen LogP contribution < -0.4 is 5.32 Å². The zero-order chi connectivity index (χ0) is 21.1. The summed E-state index contributed by atoms with van der Waals surface area (Å²) >= 11 is 1.73. The number of rotatable bonds is 5. The summed E-state index contributed by atoms with van der Waals surface area (Å²) in [4.78, 5) is 16.6. The van der Waals surface area contributed by atoms with E-state index < -0.39 is 0 Å². The number of fused-ring (bicyclic) bond motifs is 3.